The molecule has 1 aromatic heterocycles. The standard InChI is InChI=1S/C8H13N3.ClH/c1-5-8(9)11(6(2)10-5)7-3-4-7;/h7H,3-4,9H2,1-2H3;1H. The van der Waals surface area contributed by atoms with Gasteiger partial charge in [-0.15, -0.1) is 12.4 Å². The Kier molecular flexibility index (Phi) is 2.33. The molecule has 1 aromatic rings. The van der Waals surface area contributed by atoms with E-state index in [1.54, 1.807) is 0 Å². The minimum Gasteiger partial charge on any atom is -0.384 e. The zero-order valence-electron chi connectivity index (χ0n) is 7.37. The Morgan fingerprint density at radius 1 is 1.42 bits per heavy atom. The minimum atomic E-state index is 0. The van der Waals surface area contributed by atoms with Gasteiger partial charge in [0.25, 0.3) is 0 Å². The lowest BCUT2D eigenvalue weighted by atomic mass is 10.5. The molecule has 0 atom stereocenters. The van der Waals surface area contributed by atoms with Crippen LogP contribution in [0.2, 0.25) is 0 Å². The van der Waals surface area contributed by atoms with Gasteiger partial charge < -0.3 is 10.3 Å². The molecule has 1 saturated carbocycles. The van der Waals surface area contributed by atoms with E-state index in [2.05, 4.69) is 9.55 Å². The van der Waals surface area contributed by atoms with E-state index in [9.17, 15) is 0 Å². The van der Waals surface area contributed by atoms with Gasteiger partial charge in [-0.3, -0.25) is 0 Å². The molecule has 0 aromatic carbocycles. The number of imidazole rings is 1. The van der Waals surface area contributed by atoms with Crippen molar-refractivity contribution in [1.29, 1.82) is 0 Å². The molecule has 3 nitrogen and oxygen atoms in total. The number of anilines is 1. The number of aromatic nitrogens is 2. The van der Waals surface area contributed by atoms with E-state index < -0.39 is 0 Å². The lowest BCUT2D eigenvalue weighted by Gasteiger charge is -2.03. The number of rotatable bonds is 1. The minimum absolute atomic E-state index is 0. The molecule has 2 rings (SSSR count). The average Bonchev–Trinajstić information content (AvgIpc) is 2.68. The SMILES string of the molecule is Cc1nc(C)n(C2CC2)c1N.Cl. The molecular weight excluding hydrogens is 174 g/mol. The van der Waals surface area contributed by atoms with Gasteiger partial charge in [0.1, 0.15) is 11.6 Å². The largest absolute Gasteiger partial charge is 0.384 e. The summed E-state index contributed by atoms with van der Waals surface area (Å²) in [5.41, 5.74) is 6.81. The summed E-state index contributed by atoms with van der Waals surface area (Å²) in [6, 6.07) is 0.649. The summed E-state index contributed by atoms with van der Waals surface area (Å²) in [7, 11) is 0. The maximum Gasteiger partial charge on any atom is 0.126 e. The first-order valence-electron chi connectivity index (χ1n) is 4.01. The molecule has 0 amide bonds. The summed E-state index contributed by atoms with van der Waals surface area (Å²) in [6.45, 7) is 3.98. The molecule has 0 bridgehead atoms. The highest BCUT2D eigenvalue weighted by Gasteiger charge is 2.27. The molecule has 0 unspecified atom stereocenters. The van der Waals surface area contributed by atoms with Crippen LogP contribution in [0.1, 0.15) is 30.4 Å². The fourth-order valence-electron chi connectivity index (χ4n) is 1.50. The van der Waals surface area contributed by atoms with Crippen molar-refractivity contribution in [3.05, 3.63) is 11.5 Å². The van der Waals surface area contributed by atoms with Gasteiger partial charge in [0.15, 0.2) is 0 Å². The molecule has 0 radical (unpaired) electrons. The molecular formula is C8H14ClN3. The van der Waals surface area contributed by atoms with Gasteiger partial charge in [0.05, 0.1) is 5.69 Å². The van der Waals surface area contributed by atoms with Crippen LogP contribution in [0, 0.1) is 13.8 Å². The van der Waals surface area contributed by atoms with E-state index in [1.807, 2.05) is 13.8 Å². The topological polar surface area (TPSA) is 43.8 Å². The third-order valence-electron chi connectivity index (χ3n) is 2.22. The van der Waals surface area contributed by atoms with Crippen LogP contribution >= 0.6 is 12.4 Å². The predicted molar refractivity (Wildman–Crippen MR) is 51.6 cm³/mol. The Hall–Kier alpha value is -0.700. The number of aryl methyl sites for hydroxylation is 2. The fraction of sp³-hybridized carbons (Fsp3) is 0.625. The van der Waals surface area contributed by atoms with E-state index in [0.29, 0.717) is 6.04 Å². The molecule has 1 fully saturated rings. The monoisotopic (exact) mass is 187 g/mol. The van der Waals surface area contributed by atoms with Crippen LogP contribution in [0.4, 0.5) is 5.82 Å². The number of hydrogen-bond acceptors (Lipinski definition) is 2. The van der Waals surface area contributed by atoms with Crippen LogP contribution < -0.4 is 5.73 Å². The zero-order chi connectivity index (χ0) is 8.01. The Bertz CT molecular complexity index is 289. The molecule has 12 heavy (non-hydrogen) atoms. The molecule has 1 aliphatic carbocycles. The molecule has 0 spiro atoms. The van der Waals surface area contributed by atoms with E-state index in [-0.39, 0.29) is 12.4 Å². The average molecular weight is 188 g/mol. The molecule has 1 heterocycles. The van der Waals surface area contributed by atoms with Crippen molar-refractivity contribution >= 4 is 18.2 Å². The third kappa shape index (κ3) is 1.29. The van der Waals surface area contributed by atoms with Crippen molar-refractivity contribution in [2.75, 3.05) is 5.73 Å². The number of nitrogens with zero attached hydrogens (tertiary/aromatic N) is 2. The van der Waals surface area contributed by atoms with Crippen molar-refractivity contribution in [2.45, 2.75) is 32.7 Å². The van der Waals surface area contributed by atoms with Crippen LogP contribution in [-0.2, 0) is 0 Å². The van der Waals surface area contributed by atoms with Crippen LogP contribution in [0.25, 0.3) is 0 Å². The highest BCUT2D eigenvalue weighted by atomic mass is 35.5. The Morgan fingerprint density at radius 3 is 2.33 bits per heavy atom. The molecule has 0 saturated heterocycles. The van der Waals surface area contributed by atoms with E-state index >= 15 is 0 Å². The summed E-state index contributed by atoms with van der Waals surface area (Å²) < 4.78 is 2.15. The van der Waals surface area contributed by atoms with Gasteiger partial charge in [0, 0.05) is 6.04 Å². The van der Waals surface area contributed by atoms with Crippen LogP contribution in [0.5, 0.6) is 0 Å². The summed E-state index contributed by atoms with van der Waals surface area (Å²) in [4.78, 5) is 4.31. The summed E-state index contributed by atoms with van der Waals surface area (Å²) in [5, 5.41) is 0. The summed E-state index contributed by atoms with van der Waals surface area (Å²) in [5.74, 6) is 1.91. The Balaban J connectivity index is 0.000000720. The number of halogens is 1. The Morgan fingerprint density at radius 2 is 2.00 bits per heavy atom. The number of nitrogens with two attached hydrogens (primary N) is 1. The molecule has 4 heteroatoms. The van der Waals surface area contributed by atoms with Crippen molar-refractivity contribution in [2.24, 2.45) is 0 Å². The molecule has 68 valence electrons. The zero-order valence-corrected chi connectivity index (χ0v) is 8.19. The van der Waals surface area contributed by atoms with Gasteiger partial charge in [0.2, 0.25) is 0 Å². The van der Waals surface area contributed by atoms with Gasteiger partial charge in [-0.05, 0) is 26.7 Å². The highest BCUT2D eigenvalue weighted by molar-refractivity contribution is 5.85. The third-order valence-corrected chi connectivity index (χ3v) is 2.22. The smallest absolute Gasteiger partial charge is 0.126 e. The normalized spacial score (nSPS) is 15.8. The second-order valence-electron chi connectivity index (χ2n) is 3.23. The maximum absolute atomic E-state index is 5.84. The van der Waals surface area contributed by atoms with Gasteiger partial charge in [-0.2, -0.15) is 0 Å². The lowest BCUT2D eigenvalue weighted by Crippen LogP contribution is -2.02. The quantitative estimate of drug-likeness (QED) is 0.729. The van der Waals surface area contributed by atoms with Crippen molar-refractivity contribution in [3.8, 4) is 0 Å². The van der Waals surface area contributed by atoms with E-state index in [0.717, 1.165) is 17.3 Å². The van der Waals surface area contributed by atoms with E-state index in [4.69, 9.17) is 5.73 Å². The van der Waals surface area contributed by atoms with Crippen LogP contribution in [0.15, 0.2) is 0 Å². The second kappa shape index (κ2) is 2.98. The van der Waals surface area contributed by atoms with Gasteiger partial charge in [-0.25, -0.2) is 4.98 Å². The number of nitrogen functional groups attached to an aromatic ring is 1. The van der Waals surface area contributed by atoms with Gasteiger partial charge in [-0.1, -0.05) is 0 Å². The van der Waals surface area contributed by atoms with Crippen LogP contribution in [0.3, 0.4) is 0 Å². The number of hydrogen-bond donors (Lipinski definition) is 1. The molecule has 1 aliphatic rings. The summed E-state index contributed by atoms with van der Waals surface area (Å²) >= 11 is 0. The molecule has 2 N–H and O–H groups in total. The fourth-order valence-corrected chi connectivity index (χ4v) is 1.50. The van der Waals surface area contributed by atoms with Crippen molar-refractivity contribution in [1.82, 2.24) is 9.55 Å². The first kappa shape index (κ1) is 9.39. The van der Waals surface area contributed by atoms with Crippen molar-refractivity contribution < 1.29 is 0 Å². The second-order valence-corrected chi connectivity index (χ2v) is 3.23. The van der Waals surface area contributed by atoms with E-state index in [1.165, 1.54) is 12.8 Å². The first-order valence-corrected chi connectivity index (χ1v) is 4.01. The highest BCUT2D eigenvalue weighted by Crippen LogP contribution is 2.38. The van der Waals surface area contributed by atoms with Crippen molar-refractivity contribution in [3.63, 3.8) is 0 Å². The predicted octanol–water partition coefficient (Wildman–Crippen LogP) is 1.84. The molecule has 0 aliphatic heterocycles. The summed E-state index contributed by atoms with van der Waals surface area (Å²) in [6.07, 6.45) is 2.53. The van der Waals surface area contributed by atoms with Crippen LogP contribution in [-0.4, -0.2) is 9.55 Å². The van der Waals surface area contributed by atoms with Gasteiger partial charge >= 0.3 is 0 Å². The Labute approximate surface area is 78.4 Å². The lowest BCUT2D eigenvalue weighted by molar-refractivity contribution is 0.720. The maximum atomic E-state index is 5.84. The first-order chi connectivity index (χ1) is 5.20.